The summed E-state index contributed by atoms with van der Waals surface area (Å²) in [5.41, 5.74) is 4.58. The molecule has 2 rings (SSSR count). The first-order chi connectivity index (χ1) is 10.5. The van der Waals surface area contributed by atoms with Gasteiger partial charge in [0.25, 0.3) is 0 Å². The molecule has 0 aliphatic rings. The van der Waals surface area contributed by atoms with Crippen molar-refractivity contribution in [1.29, 1.82) is 0 Å². The molecular weight excluding hydrogens is 276 g/mol. The van der Waals surface area contributed by atoms with Crippen LogP contribution >= 0.6 is 0 Å². The van der Waals surface area contributed by atoms with E-state index in [1.54, 1.807) is 20.4 Å². The van der Waals surface area contributed by atoms with Crippen molar-refractivity contribution < 1.29 is 9.53 Å². The first-order valence-corrected chi connectivity index (χ1v) is 7.36. The first-order valence-electron chi connectivity index (χ1n) is 7.36. The third-order valence-corrected chi connectivity index (χ3v) is 3.86. The fraction of sp³-hybridized carbons (Fsp3) is 0.333. The van der Waals surface area contributed by atoms with Gasteiger partial charge in [-0.1, -0.05) is 13.0 Å². The molecule has 0 bridgehead atoms. The molecule has 1 aromatic carbocycles. The molecular formula is C18H22N2O2. The molecule has 0 radical (unpaired) electrons. The van der Waals surface area contributed by atoms with Crippen LogP contribution in [0.15, 0.2) is 29.3 Å². The second-order valence-corrected chi connectivity index (χ2v) is 5.16. The Bertz CT molecular complexity index is 727. The lowest BCUT2D eigenvalue weighted by atomic mass is 10.0. The number of rotatable bonds is 5. The molecule has 0 aliphatic heterocycles. The normalized spacial score (nSPS) is 11.1. The predicted molar refractivity (Wildman–Crippen MR) is 89.9 cm³/mol. The van der Waals surface area contributed by atoms with Crippen molar-refractivity contribution in [3.05, 3.63) is 46.8 Å². The largest absolute Gasteiger partial charge is 0.497 e. The molecule has 1 heterocycles. The number of ether oxygens (including phenoxy) is 1. The van der Waals surface area contributed by atoms with Gasteiger partial charge < -0.3 is 9.30 Å². The van der Waals surface area contributed by atoms with Crippen molar-refractivity contribution in [2.45, 2.75) is 27.2 Å². The van der Waals surface area contributed by atoms with Crippen LogP contribution in [0.4, 0.5) is 0 Å². The Morgan fingerprint density at radius 2 is 2.05 bits per heavy atom. The van der Waals surface area contributed by atoms with Crippen LogP contribution in [-0.2, 0) is 0 Å². The molecule has 2 aromatic rings. The SMILES string of the molecule is CCC(=O)c1c(C=NC)c(C)n(-c2cccc(OC)c2)c1C. The van der Waals surface area contributed by atoms with Crippen LogP contribution in [0.3, 0.4) is 0 Å². The Balaban J connectivity index is 2.73. The number of methoxy groups -OCH3 is 1. The monoisotopic (exact) mass is 298 g/mol. The molecule has 116 valence electrons. The summed E-state index contributed by atoms with van der Waals surface area (Å²) in [6.07, 6.45) is 2.24. The zero-order valence-electron chi connectivity index (χ0n) is 13.8. The molecule has 0 saturated heterocycles. The van der Waals surface area contributed by atoms with Gasteiger partial charge in [0.1, 0.15) is 5.75 Å². The maximum Gasteiger partial charge on any atom is 0.165 e. The zero-order chi connectivity index (χ0) is 16.3. The van der Waals surface area contributed by atoms with Crippen molar-refractivity contribution in [2.75, 3.05) is 14.2 Å². The Hall–Kier alpha value is -2.36. The summed E-state index contributed by atoms with van der Waals surface area (Å²) in [6.45, 7) is 5.87. The smallest absolute Gasteiger partial charge is 0.165 e. The second kappa shape index (κ2) is 6.60. The Labute approximate surface area is 131 Å². The quantitative estimate of drug-likeness (QED) is 0.623. The van der Waals surface area contributed by atoms with Crippen LogP contribution in [0, 0.1) is 13.8 Å². The van der Waals surface area contributed by atoms with E-state index in [4.69, 9.17) is 4.74 Å². The zero-order valence-corrected chi connectivity index (χ0v) is 13.8. The van der Waals surface area contributed by atoms with Crippen molar-refractivity contribution in [1.82, 2.24) is 4.57 Å². The highest BCUT2D eigenvalue weighted by atomic mass is 16.5. The Morgan fingerprint density at radius 3 is 2.64 bits per heavy atom. The van der Waals surface area contributed by atoms with E-state index < -0.39 is 0 Å². The molecule has 0 fully saturated rings. The van der Waals surface area contributed by atoms with Crippen LogP contribution in [0.2, 0.25) is 0 Å². The van der Waals surface area contributed by atoms with Crippen molar-refractivity contribution >= 4 is 12.0 Å². The average molecular weight is 298 g/mol. The van der Waals surface area contributed by atoms with E-state index >= 15 is 0 Å². The second-order valence-electron chi connectivity index (χ2n) is 5.16. The first kappa shape index (κ1) is 16.0. The van der Waals surface area contributed by atoms with Crippen LogP contribution < -0.4 is 4.74 Å². The summed E-state index contributed by atoms with van der Waals surface area (Å²) in [7, 11) is 3.37. The van der Waals surface area contributed by atoms with Crippen LogP contribution in [0.1, 0.15) is 40.7 Å². The number of hydrogen-bond acceptors (Lipinski definition) is 3. The molecule has 0 saturated carbocycles. The van der Waals surface area contributed by atoms with Gasteiger partial charge >= 0.3 is 0 Å². The maximum atomic E-state index is 12.4. The predicted octanol–water partition coefficient (Wildman–Crippen LogP) is 3.74. The van der Waals surface area contributed by atoms with Gasteiger partial charge in [0.2, 0.25) is 0 Å². The van der Waals surface area contributed by atoms with Crippen molar-refractivity contribution in [3.8, 4) is 11.4 Å². The summed E-state index contributed by atoms with van der Waals surface area (Å²) < 4.78 is 7.39. The van der Waals surface area contributed by atoms with Crippen LogP contribution in [0.5, 0.6) is 5.75 Å². The third-order valence-electron chi connectivity index (χ3n) is 3.86. The standard InChI is InChI=1S/C18H22N2O2/c1-6-17(21)18-13(3)20(12(2)16(18)11-19-4)14-8-7-9-15(10-14)22-5/h7-11H,6H2,1-5H3. The molecule has 4 nitrogen and oxygen atoms in total. The summed E-state index contributed by atoms with van der Waals surface area (Å²) in [6, 6.07) is 7.83. The minimum atomic E-state index is 0.136. The molecule has 4 heteroatoms. The minimum Gasteiger partial charge on any atom is -0.497 e. The van der Waals surface area contributed by atoms with Crippen LogP contribution in [0.25, 0.3) is 5.69 Å². The Morgan fingerprint density at radius 1 is 1.32 bits per heavy atom. The molecule has 22 heavy (non-hydrogen) atoms. The summed E-state index contributed by atoms with van der Waals surface area (Å²) in [4.78, 5) is 16.5. The summed E-state index contributed by atoms with van der Waals surface area (Å²) >= 11 is 0. The van der Waals surface area contributed by atoms with Gasteiger partial charge in [-0.05, 0) is 26.0 Å². The fourth-order valence-corrected chi connectivity index (χ4v) is 2.81. The van der Waals surface area contributed by atoms with Crippen LogP contribution in [-0.4, -0.2) is 30.7 Å². The molecule has 0 aliphatic carbocycles. The number of Topliss-reactive ketones (excluding diaryl/α,β-unsaturated/α-hetero) is 1. The third kappa shape index (κ3) is 2.69. The molecule has 0 atom stereocenters. The van der Waals surface area contributed by atoms with Gasteiger partial charge in [-0.15, -0.1) is 0 Å². The average Bonchev–Trinajstić information content (AvgIpc) is 2.78. The molecule has 0 amide bonds. The topological polar surface area (TPSA) is 43.6 Å². The lowest BCUT2D eigenvalue weighted by Gasteiger charge is -2.11. The van der Waals surface area contributed by atoms with Crippen molar-refractivity contribution in [3.63, 3.8) is 0 Å². The number of aromatic nitrogens is 1. The van der Waals surface area contributed by atoms with Crippen molar-refractivity contribution in [2.24, 2.45) is 4.99 Å². The van der Waals surface area contributed by atoms with E-state index in [-0.39, 0.29) is 5.78 Å². The van der Waals surface area contributed by atoms with E-state index in [1.807, 2.05) is 45.0 Å². The highest BCUT2D eigenvalue weighted by Gasteiger charge is 2.21. The molecule has 1 aromatic heterocycles. The summed E-state index contributed by atoms with van der Waals surface area (Å²) in [5.74, 6) is 0.927. The van der Waals surface area contributed by atoms with Gasteiger partial charge in [0.05, 0.1) is 7.11 Å². The molecule has 0 spiro atoms. The van der Waals surface area contributed by atoms with E-state index in [0.717, 1.165) is 34.0 Å². The highest BCUT2D eigenvalue weighted by Crippen LogP contribution is 2.28. The number of hydrogen-bond donors (Lipinski definition) is 0. The number of benzene rings is 1. The van der Waals surface area contributed by atoms with E-state index in [0.29, 0.717) is 6.42 Å². The maximum absolute atomic E-state index is 12.4. The molecule has 0 unspecified atom stereocenters. The number of ketones is 1. The number of nitrogens with zero attached hydrogens (tertiary/aromatic N) is 2. The van der Waals surface area contributed by atoms with Gasteiger partial charge in [-0.3, -0.25) is 9.79 Å². The lowest BCUT2D eigenvalue weighted by molar-refractivity contribution is 0.0987. The van der Waals surface area contributed by atoms with Gasteiger partial charge in [0.15, 0.2) is 5.78 Å². The Kier molecular flexibility index (Phi) is 4.81. The summed E-state index contributed by atoms with van der Waals surface area (Å²) in [5, 5.41) is 0. The lowest BCUT2D eigenvalue weighted by Crippen LogP contribution is -2.03. The number of carbonyl (C=O) groups excluding carboxylic acids is 1. The van der Waals surface area contributed by atoms with Gasteiger partial charge in [0, 0.05) is 54.0 Å². The van der Waals surface area contributed by atoms with E-state index in [2.05, 4.69) is 9.56 Å². The highest BCUT2D eigenvalue weighted by molar-refractivity contribution is 6.05. The number of aliphatic imine (C=N–C) groups is 1. The number of carbonyl (C=O) groups is 1. The van der Waals surface area contributed by atoms with E-state index in [9.17, 15) is 4.79 Å². The fourth-order valence-electron chi connectivity index (χ4n) is 2.81. The minimum absolute atomic E-state index is 0.136. The van der Waals surface area contributed by atoms with Gasteiger partial charge in [-0.25, -0.2) is 0 Å². The van der Waals surface area contributed by atoms with Gasteiger partial charge in [-0.2, -0.15) is 0 Å². The van der Waals surface area contributed by atoms with E-state index in [1.165, 1.54) is 0 Å². The molecule has 0 N–H and O–H groups in total.